The third kappa shape index (κ3) is 3.96. The number of ether oxygens (including phenoxy) is 1. The van der Waals surface area contributed by atoms with E-state index in [0.717, 1.165) is 86.2 Å². The second-order valence-corrected chi connectivity index (χ2v) is 6.67. The molecule has 6 nitrogen and oxygen atoms in total. The molecule has 0 aromatic carbocycles. The zero-order chi connectivity index (χ0) is 18.4. The van der Waals surface area contributed by atoms with Crippen molar-refractivity contribution in [1.29, 1.82) is 0 Å². The maximum absolute atomic E-state index is 6.20. The van der Waals surface area contributed by atoms with Crippen LogP contribution in [-0.4, -0.2) is 32.7 Å². The van der Waals surface area contributed by atoms with Crippen LogP contribution in [0.4, 0.5) is 5.82 Å². The quantitative estimate of drug-likeness (QED) is 0.554. The lowest BCUT2D eigenvalue weighted by atomic mass is 10.2. The summed E-state index contributed by atoms with van der Waals surface area (Å²) in [5.74, 6) is 1.55. The summed E-state index contributed by atoms with van der Waals surface area (Å²) in [7, 11) is 0. The number of anilines is 1. The Hall–Kier alpha value is -2.21. The van der Waals surface area contributed by atoms with Gasteiger partial charge in [-0.15, -0.1) is 0 Å². The van der Waals surface area contributed by atoms with E-state index in [1.54, 1.807) is 6.20 Å². The predicted octanol–water partition coefficient (Wildman–Crippen LogP) is 4.11. The van der Waals surface area contributed by atoms with Crippen molar-refractivity contribution < 1.29 is 4.74 Å². The molecule has 3 aromatic heterocycles. The SMILES string of the molecule is CCCCOCCCn1c(CCCC)nc2c(N)nc3cccnc3c21. The van der Waals surface area contributed by atoms with E-state index in [1.165, 1.54) is 0 Å². The van der Waals surface area contributed by atoms with Gasteiger partial charge in [-0.3, -0.25) is 4.98 Å². The van der Waals surface area contributed by atoms with E-state index in [9.17, 15) is 0 Å². The molecule has 0 bridgehead atoms. The van der Waals surface area contributed by atoms with E-state index in [0.29, 0.717) is 5.82 Å². The summed E-state index contributed by atoms with van der Waals surface area (Å²) < 4.78 is 8.01. The van der Waals surface area contributed by atoms with Crippen LogP contribution in [0.2, 0.25) is 0 Å². The lowest BCUT2D eigenvalue weighted by Crippen LogP contribution is -2.08. The number of pyridine rings is 2. The first-order valence-electron chi connectivity index (χ1n) is 9.73. The Kier molecular flexibility index (Phi) is 6.39. The van der Waals surface area contributed by atoms with Gasteiger partial charge in [0.2, 0.25) is 0 Å². The maximum atomic E-state index is 6.20. The number of hydrogen-bond acceptors (Lipinski definition) is 5. The average Bonchev–Trinajstić information content (AvgIpc) is 3.02. The van der Waals surface area contributed by atoms with E-state index in [2.05, 4.69) is 28.4 Å². The van der Waals surface area contributed by atoms with Gasteiger partial charge in [0.1, 0.15) is 22.4 Å². The van der Waals surface area contributed by atoms with E-state index < -0.39 is 0 Å². The molecule has 6 heteroatoms. The molecule has 0 saturated heterocycles. The molecule has 0 spiro atoms. The smallest absolute Gasteiger partial charge is 0.152 e. The first kappa shape index (κ1) is 18.6. The van der Waals surface area contributed by atoms with Crippen molar-refractivity contribution in [2.75, 3.05) is 18.9 Å². The minimum Gasteiger partial charge on any atom is -0.382 e. The van der Waals surface area contributed by atoms with Gasteiger partial charge in [-0.1, -0.05) is 26.7 Å². The molecule has 0 fully saturated rings. The zero-order valence-corrected chi connectivity index (χ0v) is 15.9. The number of fused-ring (bicyclic) bond motifs is 3. The van der Waals surface area contributed by atoms with Crippen LogP contribution in [0.3, 0.4) is 0 Å². The molecule has 26 heavy (non-hydrogen) atoms. The van der Waals surface area contributed by atoms with E-state index >= 15 is 0 Å². The topological polar surface area (TPSA) is 78.9 Å². The highest BCUT2D eigenvalue weighted by Crippen LogP contribution is 2.28. The fourth-order valence-corrected chi connectivity index (χ4v) is 3.21. The van der Waals surface area contributed by atoms with Gasteiger partial charge in [0.15, 0.2) is 5.82 Å². The van der Waals surface area contributed by atoms with Crippen LogP contribution < -0.4 is 5.73 Å². The van der Waals surface area contributed by atoms with Crippen LogP contribution in [0.15, 0.2) is 18.3 Å². The summed E-state index contributed by atoms with van der Waals surface area (Å²) in [6.07, 6.45) is 8.21. The molecule has 0 aliphatic rings. The van der Waals surface area contributed by atoms with Crippen molar-refractivity contribution in [3.63, 3.8) is 0 Å². The fourth-order valence-electron chi connectivity index (χ4n) is 3.21. The molecule has 0 saturated carbocycles. The number of nitrogens with two attached hydrogens (primary N) is 1. The van der Waals surface area contributed by atoms with Crippen molar-refractivity contribution in [2.24, 2.45) is 0 Å². The number of hydrogen-bond donors (Lipinski definition) is 1. The summed E-state index contributed by atoms with van der Waals surface area (Å²) in [6.45, 7) is 6.83. The van der Waals surface area contributed by atoms with Crippen molar-refractivity contribution in [2.45, 2.75) is 58.9 Å². The van der Waals surface area contributed by atoms with Gasteiger partial charge in [-0.25, -0.2) is 9.97 Å². The lowest BCUT2D eigenvalue weighted by molar-refractivity contribution is 0.126. The molecular weight excluding hydrogens is 326 g/mol. The van der Waals surface area contributed by atoms with Crippen molar-refractivity contribution in [1.82, 2.24) is 19.5 Å². The Morgan fingerprint density at radius 1 is 1.04 bits per heavy atom. The first-order valence-corrected chi connectivity index (χ1v) is 9.73. The molecule has 2 N–H and O–H groups in total. The molecule has 140 valence electrons. The number of imidazole rings is 1. The highest BCUT2D eigenvalue weighted by molar-refractivity contribution is 6.04. The van der Waals surface area contributed by atoms with Gasteiger partial charge in [0, 0.05) is 32.4 Å². The molecule has 0 aliphatic carbocycles. The second kappa shape index (κ2) is 8.94. The van der Waals surface area contributed by atoms with Gasteiger partial charge < -0.3 is 15.0 Å². The molecular formula is C20H29N5O. The van der Waals surface area contributed by atoms with Crippen LogP contribution in [-0.2, 0) is 17.7 Å². The number of rotatable bonds is 10. The lowest BCUT2D eigenvalue weighted by Gasteiger charge is -2.11. The minimum absolute atomic E-state index is 0.483. The minimum atomic E-state index is 0.483. The molecule has 0 unspecified atom stereocenters. The van der Waals surface area contributed by atoms with Crippen LogP contribution in [0.25, 0.3) is 22.1 Å². The van der Waals surface area contributed by atoms with Crippen molar-refractivity contribution in [3.05, 3.63) is 24.2 Å². The summed E-state index contributed by atoms with van der Waals surface area (Å²) >= 11 is 0. The average molecular weight is 355 g/mol. The summed E-state index contributed by atoms with van der Waals surface area (Å²) in [6, 6.07) is 3.84. The van der Waals surface area contributed by atoms with Crippen LogP contribution in [0.5, 0.6) is 0 Å². The van der Waals surface area contributed by atoms with Gasteiger partial charge in [-0.2, -0.15) is 0 Å². The molecule has 0 atom stereocenters. The molecule has 0 amide bonds. The first-order chi connectivity index (χ1) is 12.8. The van der Waals surface area contributed by atoms with Gasteiger partial charge in [0.05, 0.1) is 5.52 Å². The van der Waals surface area contributed by atoms with Gasteiger partial charge in [0.25, 0.3) is 0 Å². The highest BCUT2D eigenvalue weighted by atomic mass is 16.5. The fraction of sp³-hybridized carbons (Fsp3) is 0.550. The van der Waals surface area contributed by atoms with Gasteiger partial charge in [-0.05, 0) is 31.4 Å². The van der Waals surface area contributed by atoms with E-state index in [-0.39, 0.29) is 0 Å². The standard InChI is InChI=1S/C20H29N5O/c1-3-5-10-16-24-18-19(25(16)12-8-14-26-13-6-4-2)17-15(23-20(18)21)9-7-11-22-17/h7,9,11H,3-6,8,10,12-14H2,1-2H3,(H2,21,23). The summed E-state index contributed by atoms with van der Waals surface area (Å²) in [4.78, 5) is 13.9. The Balaban J connectivity index is 1.94. The van der Waals surface area contributed by atoms with Crippen LogP contribution >= 0.6 is 0 Å². The van der Waals surface area contributed by atoms with Crippen LogP contribution in [0.1, 0.15) is 51.8 Å². The molecule has 0 radical (unpaired) electrons. The monoisotopic (exact) mass is 355 g/mol. The molecule has 3 heterocycles. The predicted molar refractivity (Wildman–Crippen MR) is 106 cm³/mol. The zero-order valence-electron chi connectivity index (χ0n) is 15.9. The number of unbranched alkanes of at least 4 members (excludes halogenated alkanes) is 2. The highest BCUT2D eigenvalue weighted by Gasteiger charge is 2.17. The Labute approximate surface area is 154 Å². The second-order valence-electron chi connectivity index (χ2n) is 6.67. The van der Waals surface area contributed by atoms with Crippen LogP contribution in [0, 0.1) is 0 Å². The molecule has 3 aromatic rings. The number of nitrogens with zero attached hydrogens (tertiary/aromatic N) is 4. The summed E-state index contributed by atoms with van der Waals surface area (Å²) in [5, 5.41) is 0. The normalized spacial score (nSPS) is 11.6. The van der Waals surface area contributed by atoms with Crippen molar-refractivity contribution in [3.8, 4) is 0 Å². The van der Waals surface area contributed by atoms with E-state index in [4.69, 9.17) is 15.5 Å². The molecule has 3 rings (SSSR count). The number of nitrogen functional groups attached to an aromatic ring is 1. The molecule has 0 aliphatic heterocycles. The van der Waals surface area contributed by atoms with E-state index in [1.807, 2.05) is 12.1 Å². The third-order valence-corrected chi connectivity index (χ3v) is 4.61. The largest absolute Gasteiger partial charge is 0.382 e. The van der Waals surface area contributed by atoms with Gasteiger partial charge >= 0.3 is 0 Å². The number of aromatic nitrogens is 4. The maximum Gasteiger partial charge on any atom is 0.152 e. The Bertz CT molecular complexity index is 858. The third-order valence-electron chi connectivity index (χ3n) is 4.61. The Morgan fingerprint density at radius 3 is 2.65 bits per heavy atom. The number of aryl methyl sites for hydroxylation is 2. The van der Waals surface area contributed by atoms with Crippen molar-refractivity contribution >= 4 is 27.9 Å². The summed E-state index contributed by atoms with van der Waals surface area (Å²) in [5.41, 5.74) is 9.68. The Morgan fingerprint density at radius 2 is 1.85 bits per heavy atom.